The van der Waals surface area contributed by atoms with Gasteiger partial charge in [-0.05, 0) is 13.0 Å². The number of hydrogen-bond acceptors (Lipinski definition) is 5. The van der Waals surface area contributed by atoms with Crippen LogP contribution in [0.15, 0.2) is 17.3 Å². The fourth-order valence-electron chi connectivity index (χ4n) is 1.98. The van der Waals surface area contributed by atoms with E-state index in [0.717, 1.165) is 13.0 Å². The first kappa shape index (κ1) is 15.2. The van der Waals surface area contributed by atoms with Gasteiger partial charge in [0.1, 0.15) is 18.3 Å². The minimum absolute atomic E-state index is 0.0373. The average Bonchev–Trinajstić information content (AvgIpc) is 2.84. The summed E-state index contributed by atoms with van der Waals surface area (Å²) in [5.74, 6) is -0.208. The van der Waals surface area contributed by atoms with E-state index in [-0.39, 0.29) is 18.0 Å². The van der Waals surface area contributed by atoms with Crippen LogP contribution in [0.5, 0.6) is 0 Å². The molecule has 0 aromatic carbocycles. The van der Waals surface area contributed by atoms with Gasteiger partial charge >= 0.3 is 0 Å². The highest BCUT2D eigenvalue weighted by Gasteiger charge is 2.10. The molecule has 0 atom stereocenters. The van der Waals surface area contributed by atoms with Crippen molar-refractivity contribution in [3.63, 3.8) is 0 Å². The Morgan fingerprint density at radius 2 is 2.14 bits per heavy atom. The summed E-state index contributed by atoms with van der Waals surface area (Å²) in [7, 11) is 1.72. The second-order valence-corrected chi connectivity index (χ2v) is 4.78. The highest BCUT2D eigenvalue weighted by atomic mass is 16.2. The van der Waals surface area contributed by atoms with Crippen LogP contribution in [0.4, 0.5) is 0 Å². The summed E-state index contributed by atoms with van der Waals surface area (Å²) in [5.41, 5.74) is 0.257. The van der Waals surface area contributed by atoms with Crippen molar-refractivity contribution in [2.75, 3.05) is 19.6 Å². The van der Waals surface area contributed by atoms with E-state index in [4.69, 9.17) is 0 Å². The molecule has 0 spiro atoms. The number of aryl methyl sites for hydroxylation is 1. The summed E-state index contributed by atoms with van der Waals surface area (Å²) in [4.78, 5) is 28.1. The van der Waals surface area contributed by atoms with Gasteiger partial charge in [0.15, 0.2) is 5.65 Å². The molecule has 114 valence electrons. The van der Waals surface area contributed by atoms with Crippen LogP contribution in [-0.4, -0.2) is 44.9 Å². The second kappa shape index (κ2) is 6.98. The molecule has 21 heavy (non-hydrogen) atoms. The monoisotopic (exact) mass is 292 g/mol. The lowest BCUT2D eigenvalue weighted by Crippen LogP contribution is -2.36. The molecule has 0 aliphatic rings. The van der Waals surface area contributed by atoms with E-state index in [1.807, 2.05) is 0 Å². The first-order chi connectivity index (χ1) is 10.1. The summed E-state index contributed by atoms with van der Waals surface area (Å²) >= 11 is 0. The zero-order chi connectivity index (χ0) is 15.2. The molecular formula is C13H20N6O2. The van der Waals surface area contributed by atoms with Crippen molar-refractivity contribution in [1.29, 1.82) is 0 Å². The van der Waals surface area contributed by atoms with E-state index < -0.39 is 0 Å². The Morgan fingerprint density at radius 3 is 2.90 bits per heavy atom. The molecule has 8 heteroatoms. The fraction of sp³-hybridized carbons (Fsp3) is 0.538. The summed E-state index contributed by atoms with van der Waals surface area (Å²) in [6.45, 7) is 4.23. The maximum absolute atomic E-state index is 12.2. The van der Waals surface area contributed by atoms with Gasteiger partial charge in [0, 0.05) is 20.1 Å². The van der Waals surface area contributed by atoms with E-state index in [1.165, 1.54) is 21.8 Å². The molecule has 1 amide bonds. The summed E-state index contributed by atoms with van der Waals surface area (Å²) in [5, 5.41) is 10.3. The van der Waals surface area contributed by atoms with Crippen LogP contribution in [0.2, 0.25) is 0 Å². The molecule has 2 heterocycles. The lowest BCUT2D eigenvalue weighted by molar-refractivity contribution is -0.121. The molecule has 0 bridgehead atoms. The zero-order valence-electron chi connectivity index (χ0n) is 12.3. The number of rotatable bonds is 7. The maximum Gasteiger partial charge on any atom is 0.264 e. The number of aromatic nitrogens is 4. The van der Waals surface area contributed by atoms with Gasteiger partial charge in [-0.2, -0.15) is 5.10 Å². The van der Waals surface area contributed by atoms with Gasteiger partial charge in [0.2, 0.25) is 5.91 Å². The van der Waals surface area contributed by atoms with Crippen LogP contribution in [0.3, 0.4) is 0 Å². The Labute approximate surface area is 122 Å². The smallest absolute Gasteiger partial charge is 0.264 e. The van der Waals surface area contributed by atoms with Crippen molar-refractivity contribution in [1.82, 2.24) is 30.0 Å². The van der Waals surface area contributed by atoms with Crippen molar-refractivity contribution < 1.29 is 4.79 Å². The van der Waals surface area contributed by atoms with E-state index >= 15 is 0 Å². The molecule has 8 nitrogen and oxygen atoms in total. The number of nitrogens with one attached hydrogen (secondary N) is 2. The maximum atomic E-state index is 12.2. The zero-order valence-corrected chi connectivity index (χ0v) is 12.3. The van der Waals surface area contributed by atoms with Gasteiger partial charge in [0.05, 0.1) is 6.20 Å². The summed E-state index contributed by atoms with van der Waals surface area (Å²) in [6.07, 6.45) is 3.90. The molecule has 0 saturated heterocycles. The molecule has 2 N–H and O–H groups in total. The predicted octanol–water partition coefficient (Wildman–Crippen LogP) is -0.754. The van der Waals surface area contributed by atoms with Gasteiger partial charge in [0.25, 0.3) is 5.56 Å². The molecular weight excluding hydrogens is 272 g/mol. The Morgan fingerprint density at radius 1 is 1.33 bits per heavy atom. The van der Waals surface area contributed by atoms with E-state index in [9.17, 15) is 9.59 Å². The first-order valence-corrected chi connectivity index (χ1v) is 6.98. The topological polar surface area (TPSA) is 93.8 Å². The number of amides is 1. The molecule has 0 unspecified atom stereocenters. The average molecular weight is 292 g/mol. The molecule has 0 fully saturated rings. The van der Waals surface area contributed by atoms with E-state index in [2.05, 4.69) is 27.6 Å². The van der Waals surface area contributed by atoms with Crippen molar-refractivity contribution in [2.45, 2.75) is 19.9 Å². The minimum Gasteiger partial charge on any atom is -0.353 e. The largest absolute Gasteiger partial charge is 0.353 e. The normalized spacial score (nSPS) is 11.0. The number of fused-ring (bicyclic) bond motifs is 1. The van der Waals surface area contributed by atoms with Crippen molar-refractivity contribution in [3.05, 3.63) is 22.9 Å². The standard InChI is InChI=1S/C13H20N6O2/c1-3-4-14-5-6-15-11(20)8-19-9-16-12-10(13(19)21)7-17-18(12)2/h7,9,14H,3-6,8H2,1-2H3,(H,15,20). The number of hydrogen-bond donors (Lipinski definition) is 2. The molecule has 2 aromatic rings. The Hall–Kier alpha value is -2.22. The lowest BCUT2D eigenvalue weighted by Gasteiger charge is -2.07. The van der Waals surface area contributed by atoms with Crippen LogP contribution in [-0.2, 0) is 18.4 Å². The van der Waals surface area contributed by atoms with E-state index in [1.54, 1.807) is 7.05 Å². The van der Waals surface area contributed by atoms with E-state index in [0.29, 0.717) is 24.1 Å². The highest BCUT2D eigenvalue weighted by molar-refractivity contribution is 5.77. The van der Waals surface area contributed by atoms with Crippen LogP contribution in [0.1, 0.15) is 13.3 Å². The highest BCUT2D eigenvalue weighted by Crippen LogP contribution is 2.02. The quantitative estimate of drug-likeness (QED) is 0.655. The van der Waals surface area contributed by atoms with Crippen LogP contribution < -0.4 is 16.2 Å². The third kappa shape index (κ3) is 3.66. The Kier molecular flexibility index (Phi) is 5.04. The van der Waals surface area contributed by atoms with Crippen molar-refractivity contribution in [3.8, 4) is 0 Å². The SMILES string of the molecule is CCCNCCNC(=O)Cn1cnc2c(cnn2C)c1=O. The van der Waals surface area contributed by atoms with Gasteiger partial charge in [-0.1, -0.05) is 6.92 Å². The molecule has 0 radical (unpaired) electrons. The number of carbonyl (C=O) groups is 1. The third-order valence-electron chi connectivity index (χ3n) is 3.08. The lowest BCUT2D eigenvalue weighted by atomic mass is 10.4. The van der Waals surface area contributed by atoms with Gasteiger partial charge in [-0.15, -0.1) is 0 Å². The second-order valence-electron chi connectivity index (χ2n) is 4.78. The molecule has 2 rings (SSSR count). The van der Waals surface area contributed by atoms with Crippen molar-refractivity contribution in [2.24, 2.45) is 7.05 Å². The van der Waals surface area contributed by atoms with Gasteiger partial charge < -0.3 is 10.6 Å². The molecule has 2 aromatic heterocycles. The van der Waals surface area contributed by atoms with Crippen LogP contribution in [0.25, 0.3) is 11.0 Å². The molecule has 0 aliphatic carbocycles. The number of nitrogens with zero attached hydrogens (tertiary/aromatic N) is 4. The first-order valence-electron chi connectivity index (χ1n) is 6.98. The van der Waals surface area contributed by atoms with Crippen molar-refractivity contribution >= 4 is 16.9 Å². The summed E-state index contributed by atoms with van der Waals surface area (Å²) in [6, 6.07) is 0. The fourth-order valence-corrected chi connectivity index (χ4v) is 1.98. The predicted molar refractivity (Wildman–Crippen MR) is 78.9 cm³/mol. The molecule has 0 saturated carbocycles. The van der Waals surface area contributed by atoms with Crippen LogP contribution >= 0.6 is 0 Å². The number of carbonyl (C=O) groups excluding carboxylic acids is 1. The Balaban J connectivity index is 1.95. The molecule has 0 aliphatic heterocycles. The van der Waals surface area contributed by atoms with Gasteiger partial charge in [-0.3, -0.25) is 18.8 Å². The van der Waals surface area contributed by atoms with Crippen LogP contribution in [0, 0.1) is 0 Å². The van der Waals surface area contributed by atoms with Gasteiger partial charge in [-0.25, -0.2) is 4.98 Å². The minimum atomic E-state index is -0.257. The summed E-state index contributed by atoms with van der Waals surface area (Å²) < 4.78 is 2.82. The Bertz CT molecular complexity index is 675. The third-order valence-corrected chi connectivity index (χ3v) is 3.08.